The van der Waals surface area contributed by atoms with Gasteiger partial charge in [0.15, 0.2) is 0 Å². The van der Waals surface area contributed by atoms with E-state index in [1.165, 1.54) is 24.5 Å². The minimum Gasteiger partial charge on any atom is -0.483 e. The van der Waals surface area contributed by atoms with Crippen LogP contribution in [0, 0.1) is 11.7 Å². The number of halogens is 1. The molecule has 1 aromatic heterocycles. The highest BCUT2D eigenvalue weighted by Crippen LogP contribution is 2.27. The van der Waals surface area contributed by atoms with Crippen molar-refractivity contribution in [2.75, 3.05) is 7.11 Å². The number of hydrogen-bond acceptors (Lipinski definition) is 5. The number of nitrogens with zero attached hydrogens (tertiary/aromatic N) is 1. The normalized spacial score (nSPS) is 20.4. The highest BCUT2D eigenvalue weighted by atomic mass is 19.1. The Kier molecular flexibility index (Phi) is 8.95. The molecule has 0 unspecified atom stereocenters. The Morgan fingerprint density at radius 1 is 1.40 bits per heavy atom. The predicted octanol–water partition coefficient (Wildman–Crippen LogP) is 1.48. The van der Waals surface area contributed by atoms with Gasteiger partial charge < -0.3 is 20.5 Å². The lowest BCUT2D eigenvalue weighted by molar-refractivity contribution is -0.128. The summed E-state index contributed by atoms with van der Waals surface area (Å²) >= 11 is 0. The summed E-state index contributed by atoms with van der Waals surface area (Å²) in [5, 5.41) is 19.1. The lowest BCUT2D eigenvalue weighted by Gasteiger charge is -2.35. The smallest absolute Gasteiger partial charge is 0.290 e. The van der Waals surface area contributed by atoms with E-state index in [0.717, 1.165) is 0 Å². The topological polar surface area (TPSA) is 133 Å². The van der Waals surface area contributed by atoms with E-state index in [1.54, 1.807) is 19.2 Å². The highest BCUT2D eigenvalue weighted by molar-refractivity contribution is 5.93. The molecule has 0 aliphatic heterocycles. The van der Waals surface area contributed by atoms with Crippen molar-refractivity contribution in [1.82, 2.24) is 20.8 Å². The molecule has 0 saturated heterocycles. The lowest BCUT2D eigenvalue weighted by atomic mass is 9.83. The maximum absolute atomic E-state index is 13.2. The van der Waals surface area contributed by atoms with E-state index in [0.29, 0.717) is 30.4 Å². The first-order valence-electron chi connectivity index (χ1n) is 9.41. The van der Waals surface area contributed by atoms with Crippen LogP contribution in [0.25, 0.3) is 0 Å². The minimum atomic E-state index is -0.324. The van der Waals surface area contributed by atoms with Crippen LogP contribution in [0.4, 0.5) is 4.39 Å². The van der Waals surface area contributed by atoms with Crippen LogP contribution in [-0.2, 0) is 20.9 Å². The second kappa shape index (κ2) is 11.7. The summed E-state index contributed by atoms with van der Waals surface area (Å²) < 4.78 is 18.7. The number of rotatable bonds is 6. The number of carboxylic acid groups (broad SMARTS) is 1. The molecule has 3 rings (SSSR count). The third-order valence-electron chi connectivity index (χ3n) is 4.90. The molecule has 4 N–H and O–H groups in total. The SMILES string of the molecule is CO[C@H]1C[C@@H](C(=O)NCc2cccc(F)c2)CC[C@@H]1NC(=O)c1cn[nH]c1.O=CO. The zero-order valence-electron chi connectivity index (χ0n) is 16.5. The van der Waals surface area contributed by atoms with Gasteiger partial charge in [-0.1, -0.05) is 12.1 Å². The summed E-state index contributed by atoms with van der Waals surface area (Å²) in [5.41, 5.74) is 1.17. The Bertz CT molecular complexity index is 830. The molecule has 1 saturated carbocycles. The van der Waals surface area contributed by atoms with Crippen LogP contribution < -0.4 is 10.6 Å². The molecule has 1 heterocycles. The Morgan fingerprint density at radius 3 is 2.80 bits per heavy atom. The molecule has 10 heteroatoms. The van der Waals surface area contributed by atoms with E-state index in [2.05, 4.69) is 20.8 Å². The third kappa shape index (κ3) is 6.66. The van der Waals surface area contributed by atoms with Gasteiger partial charge in [0, 0.05) is 25.8 Å². The van der Waals surface area contributed by atoms with Crippen molar-refractivity contribution < 1.29 is 28.6 Å². The monoisotopic (exact) mass is 420 g/mol. The molecular weight excluding hydrogens is 395 g/mol. The Balaban J connectivity index is 0.00000101. The minimum absolute atomic E-state index is 0.0825. The highest BCUT2D eigenvalue weighted by Gasteiger charge is 2.35. The van der Waals surface area contributed by atoms with Crippen LogP contribution in [0.1, 0.15) is 35.2 Å². The number of carbonyl (C=O) groups excluding carboxylic acids is 2. The summed E-state index contributed by atoms with van der Waals surface area (Å²) in [6.07, 6.45) is 4.54. The second-order valence-electron chi connectivity index (χ2n) is 6.80. The van der Waals surface area contributed by atoms with Gasteiger partial charge in [-0.2, -0.15) is 5.10 Å². The predicted molar refractivity (Wildman–Crippen MR) is 105 cm³/mol. The van der Waals surface area contributed by atoms with Crippen molar-refractivity contribution >= 4 is 18.3 Å². The first kappa shape index (κ1) is 23.0. The quantitative estimate of drug-likeness (QED) is 0.523. The molecule has 0 radical (unpaired) electrons. The number of benzene rings is 1. The molecule has 3 atom stereocenters. The van der Waals surface area contributed by atoms with Gasteiger partial charge in [0.05, 0.1) is 23.9 Å². The Morgan fingerprint density at radius 2 is 2.17 bits per heavy atom. The summed E-state index contributed by atoms with van der Waals surface area (Å²) in [7, 11) is 1.58. The average Bonchev–Trinajstić information content (AvgIpc) is 3.28. The number of H-pyrrole nitrogens is 1. The summed E-state index contributed by atoms with van der Waals surface area (Å²) in [6.45, 7) is 0.0331. The van der Waals surface area contributed by atoms with Gasteiger partial charge in [-0.3, -0.25) is 19.5 Å². The van der Waals surface area contributed by atoms with Crippen LogP contribution in [0.3, 0.4) is 0 Å². The fraction of sp³-hybridized carbons (Fsp3) is 0.400. The summed E-state index contributed by atoms with van der Waals surface area (Å²) in [5.74, 6) is -0.827. The zero-order chi connectivity index (χ0) is 21.9. The summed E-state index contributed by atoms with van der Waals surface area (Å²) in [6, 6.07) is 5.99. The molecule has 2 amide bonds. The van der Waals surface area contributed by atoms with Gasteiger partial charge in [0.1, 0.15) is 5.82 Å². The zero-order valence-corrected chi connectivity index (χ0v) is 16.5. The number of nitrogens with one attached hydrogen (secondary N) is 3. The van der Waals surface area contributed by atoms with Crippen LogP contribution in [-0.4, -0.2) is 52.8 Å². The maximum atomic E-state index is 13.2. The molecule has 162 valence electrons. The number of amides is 2. The lowest BCUT2D eigenvalue weighted by Crippen LogP contribution is -2.49. The van der Waals surface area contributed by atoms with E-state index in [9.17, 15) is 14.0 Å². The molecule has 2 aromatic rings. The molecule has 30 heavy (non-hydrogen) atoms. The van der Waals surface area contributed by atoms with Gasteiger partial charge >= 0.3 is 0 Å². The van der Waals surface area contributed by atoms with Crippen molar-refractivity contribution in [3.8, 4) is 0 Å². The molecule has 1 aliphatic rings. The molecule has 9 nitrogen and oxygen atoms in total. The molecular formula is C20H25FN4O5. The van der Waals surface area contributed by atoms with Gasteiger partial charge in [0.25, 0.3) is 12.4 Å². The van der Waals surface area contributed by atoms with Crippen LogP contribution in [0.2, 0.25) is 0 Å². The Labute approximate surface area is 173 Å². The van der Waals surface area contributed by atoms with Crippen molar-refractivity contribution in [2.45, 2.75) is 38.0 Å². The number of hydrogen-bond donors (Lipinski definition) is 4. The number of ether oxygens (including phenoxy) is 1. The largest absolute Gasteiger partial charge is 0.483 e. The first-order valence-corrected chi connectivity index (χ1v) is 9.41. The summed E-state index contributed by atoms with van der Waals surface area (Å²) in [4.78, 5) is 33.0. The van der Waals surface area contributed by atoms with E-state index < -0.39 is 0 Å². The number of carbonyl (C=O) groups is 3. The van der Waals surface area contributed by atoms with Crippen molar-refractivity contribution in [1.29, 1.82) is 0 Å². The van der Waals surface area contributed by atoms with Crippen LogP contribution in [0.5, 0.6) is 0 Å². The average molecular weight is 420 g/mol. The third-order valence-corrected chi connectivity index (χ3v) is 4.90. The van der Waals surface area contributed by atoms with E-state index in [4.69, 9.17) is 14.6 Å². The molecule has 1 aliphatic carbocycles. The van der Waals surface area contributed by atoms with Crippen molar-refractivity contribution in [3.63, 3.8) is 0 Å². The number of aromatic nitrogens is 2. The van der Waals surface area contributed by atoms with Gasteiger partial charge in [-0.15, -0.1) is 0 Å². The van der Waals surface area contributed by atoms with Gasteiger partial charge in [-0.05, 0) is 37.0 Å². The molecule has 0 bridgehead atoms. The fourth-order valence-corrected chi connectivity index (χ4v) is 3.40. The van der Waals surface area contributed by atoms with Crippen LogP contribution in [0.15, 0.2) is 36.7 Å². The van der Waals surface area contributed by atoms with E-state index in [1.807, 2.05) is 0 Å². The van der Waals surface area contributed by atoms with Crippen LogP contribution >= 0.6 is 0 Å². The standard InChI is InChI=1S/C19H23FN4O3.CH2O2/c1-27-17-8-13(18(25)21-9-12-3-2-4-15(20)7-12)5-6-16(17)24-19(26)14-10-22-23-11-14;2-1-3/h2-4,7,10-11,13,16-17H,5-6,8-9H2,1H3,(H,21,25)(H,22,23)(H,24,26);1H,(H,2,3)/t13-,16-,17-;/m0./s1. The molecule has 1 fully saturated rings. The van der Waals surface area contributed by atoms with Gasteiger partial charge in [0.2, 0.25) is 5.91 Å². The fourth-order valence-electron chi connectivity index (χ4n) is 3.40. The Hall–Kier alpha value is -3.27. The second-order valence-corrected chi connectivity index (χ2v) is 6.80. The molecule has 1 aromatic carbocycles. The number of aromatic amines is 1. The molecule has 0 spiro atoms. The van der Waals surface area contributed by atoms with E-state index in [-0.39, 0.29) is 48.7 Å². The van der Waals surface area contributed by atoms with Crippen molar-refractivity contribution in [2.24, 2.45) is 5.92 Å². The van der Waals surface area contributed by atoms with Crippen molar-refractivity contribution in [3.05, 3.63) is 53.6 Å². The van der Waals surface area contributed by atoms with Gasteiger partial charge in [-0.25, -0.2) is 4.39 Å². The number of methoxy groups -OCH3 is 1. The van der Waals surface area contributed by atoms with E-state index >= 15 is 0 Å². The first-order chi connectivity index (χ1) is 14.5. The maximum Gasteiger partial charge on any atom is 0.290 e.